The molecule has 0 amide bonds. The molecule has 0 saturated heterocycles. The monoisotopic (exact) mass is 243 g/mol. The average Bonchev–Trinajstić information content (AvgIpc) is 2.87. The number of carboxylic acid groups (broad SMARTS) is 1. The molecule has 0 saturated carbocycles. The van der Waals surface area contributed by atoms with Crippen LogP contribution in [-0.4, -0.2) is 35.6 Å². The summed E-state index contributed by atoms with van der Waals surface area (Å²) in [6.07, 6.45) is 4.87. The Bertz CT molecular complexity index is 669. The van der Waals surface area contributed by atoms with Crippen molar-refractivity contribution in [1.82, 2.24) is 24.6 Å². The molecular formula is C11H9N5O2. The van der Waals surface area contributed by atoms with Gasteiger partial charge in [0, 0.05) is 18.0 Å². The predicted molar refractivity (Wildman–Crippen MR) is 61.9 cm³/mol. The van der Waals surface area contributed by atoms with Gasteiger partial charge in [0.15, 0.2) is 5.82 Å². The Labute approximate surface area is 101 Å². The molecule has 3 aromatic heterocycles. The summed E-state index contributed by atoms with van der Waals surface area (Å²) in [5.74, 6) is 0.213. The number of hydrogen-bond donors (Lipinski definition) is 2. The van der Waals surface area contributed by atoms with Crippen LogP contribution in [0.1, 0.15) is 5.69 Å². The number of rotatable bonds is 3. The Morgan fingerprint density at radius 2 is 2.11 bits per heavy atom. The van der Waals surface area contributed by atoms with E-state index < -0.39 is 5.97 Å². The molecule has 0 fully saturated rings. The minimum absolute atomic E-state index is 0.109. The van der Waals surface area contributed by atoms with Gasteiger partial charge in [0.25, 0.3) is 5.78 Å². The quantitative estimate of drug-likeness (QED) is 0.707. The van der Waals surface area contributed by atoms with Crippen molar-refractivity contribution in [3.63, 3.8) is 0 Å². The van der Waals surface area contributed by atoms with Gasteiger partial charge < -0.3 is 5.11 Å². The third-order valence-electron chi connectivity index (χ3n) is 2.46. The highest BCUT2D eigenvalue weighted by Gasteiger charge is 2.10. The Hall–Kier alpha value is -2.70. The van der Waals surface area contributed by atoms with Crippen molar-refractivity contribution in [2.75, 3.05) is 0 Å². The van der Waals surface area contributed by atoms with Crippen LogP contribution >= 0.6 is 0 Å². The molecule has 3 heterocycles. The minimum atomic E-state index is -0.912. The summed E-state index contributed by atoms with van der Waals surface area (Å²) in [5, 5.41) is 11.7. The first-order valence-electron chi connectivity index (χ1n) is 5.28. The van der Waals surface area contributed by atoms with Gasteiger partial charge >= 0.3 is 5.97 Å². The first-order valence-corrected chi connectivity index (χ1v) is 5.28. The predicted octanol–water partition coefficient (Wildman–Crippen LogP) is 0.746. The SMILES string of the molecule is O=C(O)Cc1cn2[nH]c(-c3ccncc3)nc2n1. The highest BCUT2D eigenvalue weighted by Crippen LogP contribution is 2.14. The summed E-state index contributed by atoms with van der Waals surface area (Å²) in [6, 6.07) is 3.66. The second kappa shape index (κ2) is 3.95. The van der Waals surface area contributed by atoms with E-state index in [4.69, 9.17) is 5.11 Å². The molecule has 90 valence electrons. The van der Waals surface area contributed by atoms with Crippen molar-refractivity contribution in [1.29, 1.82) is 0 Å². The van der Waals surface area contributed by atoms with E-state index in [9.17, 15) is 4.79 Å². The Kier molecular flexibility index (Phi) is 2.30. The van der Waals surface area contributed by atoms with Crippen molar-refractivity contribution >= 4 is 11.7 Å². The van der Waals surface area contributed by atoms with Crippen LogP contribution in [0.3, 0.4) is 0 Å². The molecule has 0 atom stereocenters. The van der Waals surface area contributed by atoms with Crippen molar-refractivity contribution in [3.8, 4) is 11.4 Å². The Morgan fingerprint density at radius 3 is 2.78 bits per heavy atom. The topological polar surface area (TPSA) is 96.2 Å². The van der Waals surface area contributed by atoms with Crippen LogP contribution in [0, 0.1) is 0 Å². The molecule has 0 aliphatic rings. The van der Waals surface area contributed by atoms with E-state index in [0.29, 0.717) is 17.3 Å². The third-order valence-corrected chi connectivity index (χ3v) is 2.46. The standard InChI is InChI=1S/C11H9N5O2/c17-9(18)5-8-6-16-11(13-8)14-10(15-16)7-1-3-12-4-2-7/h1-4,6H,5H2,(H,17,18)(H,13,14,15). The van der Waals surface area contributed by atoms with E-state index in [1.165, 1.54) is 0 Å². The van der Waals surface area contributed by atoms with Crippen LogP contribution in [0.4, 0.5) is 0 Å². The fourth-order valence-electron chi connectivity index (χ4n) is 1.70. The maximum Gasteiger partial charge on any atom is 0.309 e. The van der Waals surface area contributed by atoms with Gasteiger partial charge in [-0.1, -0.05) is 0 Å². The molecule has 0 radical (unpaired) electrons. The maximum atomic E-state index is 10.6. The summed E-state index contributed by atoms with van der Waals surface area (Å²) in [6.45, 7) is 0. The summed E-state index contributed by atoms with van der Waals surface area (Å²) in [4.78, 5) is 22.9. The fourth-order valence-corrected chi connectivity index (χ4v) is 1.70. The highest BCUT2D eigenvalue weighted by atomic mass is 16.4. The molecule has 0 bridgehead atoms. The van der Waals surface area contributed by atoms with E-state index in [-0.39, 0.29) is 6.42 Å². The Morgan fingerprint density at radius 1 is 1.33 bits per heavy atom. The van der Waals surface area contributed by atoms with Crippen molar-refractivity contribution < 1.29 is 9.90 Å². The lowest BCUT2D eigenvalue weighted by atomic mass is 10.3. The lowest BCUT2D eigenvalue weighted by Gasteiger charge is -1.93. The number of H-pyrrole nitrogens is 1. The van der Waals surface area contributed by atoms with Crippen LogP contribution in [0.2, 0.25) is 0 Å². The molecule has 0 aliphatic carbocycles. The zero-order chi connectivity index (χ0) is 12.5. The number of imidazole rings is 1. The number of hydrogen-bond acceptors (Lipinski definition) is 4. The molecule has 0 spiro atoms. The van der Waals surface area contributed by atoms with E-state index in [2.05, 4.69) is 20.1 Å². The molecule has 0 aliphatic heterocycles. The molecule has 2 N–H and O–H groups in total. The van der Waals surface area contributed by atoms with E-state index >= 15 is 0 Å². The number of aliphatic carboxylic acids is 1. The number of aromatic amines is 1. The number of nitrogens with one attached hydrogen (secondary N) is 1. The van der Waals surface area contributed by atoms with E-state index in [1.54, 1.807) is 23.1 Å². The molecule has 7 nitrogen and oxygen atoms in total. The molecule has 7 heteroatoms. The number of fused-ring (bicyclic) bond motifs is 1. The zero-order valence-corrected chi connectivity index (χ0v) is 9.24. The van der Waals surface area contributed by atoms with Crippen LogP contribution in [-0.2, 0) is 11.2 Å². The van der Waals surface area contributed by atoms with E-state index in [0.717, 1.165) is 5.56 Å². The smallest absolute Gasteiger partial charge is 0.309 e. The summed E-state index contributed by atoms with van der Waals surface area (Å²) in [5.41, 5.74) is 1.37. The fraction of sp³-hybridized carbons (Fsp3) is 0.0909. The lowest BCUT2D eigenvalue weighted by Crippen LogP contribution is -2.00. The number of carbonyl (C=O) groups is 1. The van der Waals surface area contributed by atoms with Crippen molar-refractivity contribution in [3.05, 3.63) is 36.4 Å². The minimum Gasteiger partial charge on any atom is -0.481 e. The van der Waals surface area contributed by atoms with Gasteiger partial charge in [-0.05, 0) is 12.1 Å². The summed E-state index contributed by atoms with van der Waals surface area (Å²) in [7, 11) is 0. The molecular weight excluding hydrogens is 234 g/mol. The molecule has 0 aromatic carbocycles. The van der Waals surface area contributed by atoms with Crippen LogP contribution in [0.25, 0.3) is 17.2 Å². The molecule has 3 rings (SSSR count). The normalized spacial score (nSPS) is 10.9. The van der Waals surface area contributed by atoms with Crippen LogP contribution in [0.15, 0.2) is 30.7 Å². The van der Waals surface area contributed by atoms with Crippen molar-refractivity contribution in [2.45, 2.75) is 6.42 Å². The van der Waals surface area contributed by atoms with Gasteiger partial charge in [-0.2, -0.15) is 4.98 Å². The van der Waals surface area contributed by atoms with Crippen LogP contribution < -0.4 is 0 Å². The highest BCUT2D eigenvalue weighted by molar-refractivity contribution is 5.69. The zero-order valence-electron chi connectivity index (χ0n) is 9.24. The number of carboxylic acids is 1. The van der Waals surface area contributed by atoms with Crippen molar-refractivity contribution in [2.24, 2.45) is 0 Å². The first-order chi connectivity index (χ1) is 8.72. The van der Waals surface area contributed by atoms with Crippen LogP contribution in [0.5, 0.6) is 0 Å². The Balaban J connectivity index is 1.98. The van der Waals surface area contributed by atoms with Gasteiger partial charge in [-0.3, -0.25) is 14.9 Å². The molecule has 18 heavy (non-hydrogen) atoms. The number of aromatic nitrogens is 5. The van der Waals surface area contributed by atoms with Gasteiger partial charge in [-0.15, -0.1) is 0 Å². The second-order valence-electron chi connectivity index (χ2n) is 3.78. The van der Waals surface area contributed by atoms with Gasteiger partial charge in [-0.25, -0.2) is 9.50 Å². The average molecular weight is 243 g/mol. The van der Waals surface area contributed by atoms with Gasteiger partial charge in [0.1, 0.15) is 0 Å². The first kappa shape index (κ1) is 10.5. The second-order valence-corrected chi connectivity index (χ2v) is 3.78. The lowest BCUT2D eigenvalue weighted by molar-refractivity contribution is -0.136. The van der Waals surface area contributed by atoms with Gasteiger partial charge in [0.2, 0.25) is 0 Å². The third kappa shape index (κ3) is 1.81. The summed E-state index contributed by atoms with van der Waals surface area (Å²) < 4.78 is 1.61. The largest absolute Gasteiger partial charge is 0.481 e. The maximum absolute atomic E-state index is 10.6. The molecule has 3 aromatic rings. The number of nitrogens with zero attached hydrogens (tertiary/aromatic N) is 4. The number of pyridine rings is 1. The summed E-state index contributed by atoms with van der Waals surface area (Å²) >= 11 is 0. The van der Waals surface area contributed by atoms with E-state index in [1.807, 2.05) is 12.1 Å². The molecule has 0 unspecified atom stereocenters. The van der Waals surface area contributed by atoms with Gasteiger partial charge in [0.05, 0.1) is 18.3 Å².